The third-order valence-corrected chi connectivity index (χ3v) is 10.7. The number of likely N-dealkylation sites (tertiary alicyclic amines) is 1. The Balaban J connectivity index is 1.27. The standard InChI is InChI=1S/C29H32Cl2FN7O2S/c1-18-7-11-37(12-8-18)20-9-13-38(14-10-20)39-16-21(26-28(33)34-17-35-29(26)39)19-5-6-24(23(32)15-19)36-42(40,41)25-4-2-3-22(30)27(25)31/h2-6,15-18,20,36H,7-14H2,1H3,(H2,33,34,35). The highest BCUT2D eigenvalue weighted by atomic mass is 35.5. The van der Waals surface area contributed by atoms with Crippen LogP contribution < -0.4 is 15.5 Å². The summed E-state index contributed by atoms with van der Waals surface area (Å²) in [5.74, 6) is 0.325. The van der Waals surface area contributed by atoms with Crippen molar-refractivity contribution in [2.24, 2.45) is 5.92 Å². The zero-order valence-electron chi connectivity index (χ0n) is 23.1. The van der Waals surface area contributed by atoms with Gasteiger partial charge in [-0.25, -0.2) is 27.5 Å². The lowest BCUT2D eigenvalue weighted by Gasteiger charge is -2.42. The molecule has 0 bridgehead atoms. The molecule has 0 unspecified atom stereocenters. The smallest absolute Gasteiger partial charge is 0.263 e. The van der Waals surface area contributed by atoms with Gasteiger partial charge in [-0.05, 0) is 74.5 Å². The number of nitrogens with two attached hydrogens (primary N) is 1. The molecule has 2 aliphatic heterocycles. The van der Waals surface area contributed by atoms with Crippen molar-refractivity contribution in [3.05, 3.63) is 64.8 Å². The molecule has 9 nitrogen and oxygen atoms in total. The molecule has 2 saturated heterocycles. The molecule has 4 aromatic rings. The molecule has 42 heavy (non-hydrogen) atoms. The first-order valence-electron chi connectivity index (χ1n) is 14.0. The predicted octanol–water partition coefficient (Wildman–Crippen LogP) is 5.76. The summed E-state index contributed by atoms with van der Waals surface area (Å²) >= 11 is 12.1. The van der Waals surface area contributed by atoms with Crippen LogP contribution >= 0.6 is 23.2 Å². The third-order valence-electron chi connectivity index (χ3n) is 8.40. The maximum atomic E-state index is 15.4. The first-order chi connectivity index (χ1) is 20.1. The molecule has 2 aliphatic rings. The lowest BCUT2D eigenvalue weighted by Crippen LogP contribution is -2.50. The monoisotopic (exact) mass is 631 g/mol. The van der Waals surface area contributed by atoms with Gasteiger partial charge in [0.1, 0.15) is 22.9 Å². The summed E-state index contributed by atoms with van der Waals surface area (Å²) in [6.45, 7) is 6.36. The summed E-state index contributed by atoms with van der Waals surface area (Å²) in [5, 5.41) is 2.80. The molecule has 0 amide bonds. The number of benzene rings is 2. The lowest BCUT2D eigenvalue weighted by atomic mass is 9.95. The maximum absolute atomic E-state index is 15.4. The van der Waals surface area contributed by atoms with E-state index in [0.717, 1.165) is 44.9 Å². The van der Waals surface area contributed by atoms with Gasteiger partial charge in [-0.1, -0.05) is 42.3 Å². The summed E-state index contributed by atoms with van der Waals surface area (Å²) in [6.07, 6.45) is 7.94. The van der Waals surface area contributed by atoms with Crippen molar-refractivity contribution in [1.29, 1.82) is 0 Å². The molecule has 222 valence electrons. The van der Waals surface area contributed by atoms with Crippen LogP contribution in [0.15, 0.2) is 53.8 Å². The summed E-state index contributed by atoms with van der Waals surface area (Å²) in [6, 6.07) is 9.08. The number of nitrogens with zero attached hydrogens (tertiary/aromatic N) is 5. The molecule has 13 heteroatoms. The quantitative estimate of drug-likeness (QED) is 0.278. The summed E-state index contributed by atoms with van der Waals surface area (Å²) in [5.41, 5.74) is 7.90. The number of fused-ring (bicyclic) bond motifs is 1. The molecule has 0 radical (unpaired) electrons. The van der Waals surface area contributed by atoms with E-state index in [9.17, 15) is 8.42 Å². The minimum Gasteiger partial charge on any atom is -0.383 e. The first-order valence-corrected chi connectivity index (χ1v) is 16.2. The molecule has 0 atom stereocenters. The van der Waals surface area contributed by atoms with Crippen molar-refractivity contribution in [3.63, 3.8) is 0 Å². The second-order valence-electron chi connectivity index (χ2n) is 11.1. The number of piperidine rings is 2. The topological polar surface area (TPSA) is 109 Å². The van der Waals surface area contributed by atoms with Gasteiger partial charge in [0.25, 0.3) is 10.0 Å². The zero-order chi connectivity index (χ0) is 29.6. The molecule has 0 aliphatic carbocycles. The van der Waals surface area contributed by atoms with Crippen molar-refractivity contribution in [1.82, 2.24) is 19.5 Å². The Morgan fingerprint density at radius 3 is 2.48 bits per heavy atom. The molecule has 0 saturated carbocycles. The fourth-order valence-corrected chi connectivity index (χ4v) is 7.82. The number of aromatic nitrogens is 3. The molecular weight excluding hydrogens is 600 g/mol. The van der Waals surface area contributed by atoms with E-state index in [1.54, 1.807) is 6.07 Å². The van der Waals surface area contributed by atoms with Gasteiger partial charge in [-0.15, -0.1) is 0 Å². The Bertz CT molecular complexity index is 1730. The van der Waals surface area contributed by atoms with E-state index in [-0.39, 0.29) is 26.4 Å². The summed E-state index contributed by atoms with van der Waals surface area (Å²) in [7, 11) is -4.19. The Morgan fingerprint density at radius 2 is 1.76 bits per heavy atom. The number of nitrogen functional groups attached to an aromatic ring is 1. The number of halogens is 3. The minimum absolute atomic E-state index is 0.0805. The number of anilines is 2. The largest absolute Gasteiger partial charge is 0.383 e. The van der Waals surface area contributed by atoms with Crippen molar-refractivity contribution < 1.29 is 12.8 Å². The Morgan fingerprint density at radius 1 is 1.02 bits per heavy atom. The van der Waals surface area contributed by atoms with Crippen LogP contribution in [0, 0.1) is 11.7 Å². The van der Waals surface area contributed by atoms with Gasteiger partial charge >= 0.3 is 0 Å². The minimum atomic E-state index is -4.19. The van der Waals surface area contributed by atoms with Crippen molar-refractivity contribution in [2.45, 2.75) is 43.5 Å². The third kappa shape index (κ3) is 5.50. The molecule has 6 rings (SSSR count). The van der Waals surface area contributed by atoms with Gasteiger partial charge in [-0.2, -0.15) is 0 Å². The Labute approximate surface area is 254 Å². The molecular formula is C29H32Cl2FN7O2S. The van der Waals surface area contributed by atoms with Crippen LogP contribution in [0.2, 0.25) is 10.0 Å². The molecule has 2 fully saturated rings. The van der Waals surface area contributed by atoms with Crippen LogP contribution in [-0.4, -0.2) is 60.2 Å². The molecule has 2 aromatic heterocycles. The second-order valence-corrected chi connectivity index (χ2v) is 13.5. The van der Waals surface area contributed by atoms with E-state index in [4.69, 9.17) is 28.9 Å². The first kappa shape index (κ1) is 29.0. The lowest BCUT2D eigenvalue weighted by molar-refractivity contribution is 0.116. The molecule has 4 heterocycles. The summed E-state index contributed by atoms with van der Waals surface area (Å²) in [4.78, 5) is 11.1. The Kier molecular flexibility index (Phi) is 7.95. The predicted molar refractivity (Wildman–Crippen MR) is 166 cm³/mol. The van der Waals surface area contributed by atoms with E-state index in [2.05, 4.69) is 31.5 Å². The maximum Gasteiger partial charge on any atom is 0.263 e. The van der Waals surface area contributed by atoms with E-state index in [1.807, 2.05) is 10.9 Å². The van der Waals surface area contributed by atoms with Crippen LogP contribution in [0.5, 0.6) is 0 Å². The normalized spacial score (nSPS) is 17.7. The van der Waals surface area contributed by atoms with Crippen LogP contribution in [0.3, 0.4) is 0 Å². The number of rotatable bonds is 6. The number of nitrogens with one attached hydrogen (secondary N) is 1. The molecule has 3 N–H and O–H groups in total. The van der Waals surface area contributed by atoms with Crippen LogP contribution in [0.1, 0.15) is 32.6 Å². The van der Waals surface area contributed by atoms with E-state index in [0.29, 0.717) is 28.2 Å². The van der Waals surface area contributed by atoms with Crippen molar-refractivity contribution >= 4 is 55.8 Å². The highest BCUT2D eigenvalue weighted by Gasteiger charge is 2.29. The van der Waals surface area contributed by atoms with Gasteiger partial charge in [0, 0.05) is 30.9 Å². The fourth-order valence-electron chi connectivity index (χ4n) is 5.99. The molecule has 2 aromatic carbocycles. The average Bonchev–Trinajstić information content (AvgIpc) is 3.37. The number of hydrogen-bond donors (Lipinski definition) is 2. The van der Waals surface area contributed by atoms with Gasteiger partial charge in [-0.3, -0.25) is 4.72 Å². The second kappa shape index (κ2) is 11.5. The van der Waals surface area contributed by atoms with Crippen LogP contribution in [0.4, 0.5) is 15.9 Å². The van der Waals surface area contributed by atoms with Crippen LogP contribution in [-0.2, 0) is 10.0 Å². The van der Waals surface area contributed by atoms with Crippen molar-refractivity contribution in [3.8, 4) is 11.1 Å². The highest BCUT2D eigenvalue weighted by molar-refractivity contribution is 7.92. The number of sulfonamides is 1. The highest BCUT2D eigenvalue weighted by Crippen LogP contribution is 2.36. The Hall–Kier alpha value is -3.12. The van der Waals surface area contributed by atoms with Gasteiger partial charge < -0.3 is 15.6 Å². The van der Waals surface area contributed by atoms with E-state index >= 15 is 4.39 Å². The molecule has 0 spiro atoms. The average molecular weight is 633 g/mol. The van der Waals surface area contributed by atoms with E-state index in [1.165, 1.54) is 49.5 Å². The van der Waals surface area contributed by atoms with Gasteiger partial charge in [0.05, 0.1) is 21.1 Å². The SMILES string of the molecule is CC1CCN(C2CCN(n3cc(-c4ccc(NS(=O)(=O)c5cccc(Cl)c5Cl)c(F)c4)c4c(N)ncnc43)CC2)CC1. The fraction of sp³-hybridized carbons (Fsp3) is 0.379. The summed E-state index contributed by atoms with van der Waals surface area (Å²) < 4.78 is 45.6. The number of hydrogen-bond acceptors (Lipinski definition) is 7. The van der Waals surface area contributed by atoms with Gasteiger partial charge in [0.15, 0.2) is 5.65 Å². The van der Waals surface area contributed by atoms with Gasteiger partial charge in [0.2, 0.25) is 0 Å². The zero-order valence-corrected chi connectivity index (χ0v) is 25.4. The van der Waals surface area contributed by atoms with Crippen LogP contribution in [0.25, 0.3) is 22.2 Å². The van der Waals surface area contributed by atoms with Crippen molar-refractivity contribution in [2.75, 3.05) is 41.6 Å². The van der Waals surface area contributed by atoms with E-state index < -0.39 is 15.8 Å².